The summed E-state index contributed by atoms with van der Waals surface area (Å²) in [5.41, 5.74) is 0.617. The van der Waals surface area contributed by atoms with Crippen molar-refractivity contribution in [3.8, 4) is 0 Å². The van der Waals surface area contributed by atoms with E-state index in [2.05, 4.69) is 9.62 Å². The van der Waals surface area contributed by atoms with Crippen molar-refractivity contribution < 1.29 is 13.5 Å². The number of hydrogen-bond acceptors (Lipinski definition) is 5. The Bertz CT molecular complexity index is 530. The summed E-state index contributed by atoms with van der Waals surface area (Å²) >= 11 is 1.94. The molecule has 2 rings (SSSR count). The van der Waals surface area contributed by atoms with E-state index in [0.717, 1.165) is 31.1 Å². The molecule has 0 aromatic carbocycles. The number of sulfonamides is 1. The van der Waals surface area contributed by atoms with E-state index in [9.17, 15) is 13.5 Å². The molecule has 0 amide bonds. The summed E-state index contributed by atoms with van der Waals surface area (Å²) in [5, 5.41) is 9.23. The van der Waals surface area contributed by atoms with Crippen LogP contribution in [-0.2, 0) is 23.2 Å². The highest BCUT2D eigenvalue weighted by Gasteiger charge is 2.18. The molecule has 2 N–H and O–H groups in total. The Labute approximate surface area is 130 Å². The lowest BCUT2D eigenvalue weighted by atomic mass is 10.4. The largest absolute Gasteiger partial charge is 0.390 e. The zero-order chi connectivity index (χ0) is 15.3. The van der Waals surface area contributed by atoms with Gasteiger partial charge in [-0.1, -0.05) is 0 Å². The first-order valence-corrected chi connectivity index (χ1v) is 9.80. The quantitative estimate of drug-likeness (QED) is 0.752. The summed E-state index contributed by atoms with van der Waals surface area (Å²) in [6, 6.07) is 1.53. The van der Waals surface area contributed by atoms with Crippen molar-refractivity contribution in [1.29, 1.82) is 0 Å². The fourth-order valence-electron chi connectivity index (χ4n) is 2.34. The predicted octanol–water partition coefficient (Wildman–Crippen LogP) is 0.327. The Kier molecular flexibility index (Phi) is 6.12. The van der Waals surface area contributed by atoms with Crippen LogP contribution in [0.3, 0.4) is 0 Å². The van der Waals surface area contributed by atoms with Gasteiger partial charge in [-0.05, 0) is 13.0 Å². The van der Waals surface area contributed by atoms with Gasteiger partial charge in [-0.25, -0.2) is 13.1 Å². The van der Waals surface area contributed by atoms with Crippen LogP contribution in [0.25, 0.3) is 0 Å². The van der Waals surface area contributed by atoms with E-state index in [-0.39, 0.29) is 11.5 Å². The van der Waals surface area contributed by atoms with Gasteiger partial charge in [0.05, 0.1) is 11.5 Å². The summed E-state index contributed by atoms with van der Waals surface area (Å²) in [6.45, 7) is 5.59. The van der Waals surface area contributed by atoms with Crippen LogP contribution in [0.5, 0.6) is 0 Å². The SMILES string of the molecule is CCn1cc(S(=O)(=O)NCCN2CCSCC2)cc1CO. The van der Waals surface area contributed by atoms with Gasteiger partial charge in [-0.2, -0.15) is 11.8 Å². The maximum Gasteiger partial charge on any atom is 0.242 e. The number of aryl methyl sites for hydroxylation is 1. The van der Waals surface area contributed by atoms with Crippen LogP contribution in [0.2, 0.25) is 0 Å². The maximum atomic E-state index is 12.2. The van der Waals surface area contributed by atoms with Crippen LogP contribution in [-0.4, -0.2) is 60.7 Å². The van der Waals surface area contributed by atoms with Gasteiger partial charge in [0.15, 0.2) is 0 Å². The first-order valence-electron chi connectivity index (χ1n) is 7.16. The second-order valence-corrected chi connectivity index (χ2v) is 7.95. The Morgan fingerprint density at radius 3 is 2.67 bits per heavy atom. The number of aromatic nitrogens is 1. The van der Waals surface area contributed by atoms with E-state index in [1.165, 1.54) is 6.07 Å². The van der Waals surface area contributed by atoms with Gasteiger partial charge < -0.3 is 14.6 Å². The molecule has 1 aliphatic heterocycles. The van der Waals surface area contributed by atoms with Crippen molar-refractivity contribution >= 4 is 21.8 Å². The van der Waals surface area contributed by atoms with E-state index in [1.807, 2.05) is 18.7 Å². The number of thioether (sulfide) groups is 1. The summed E-state index contributed by atoms with van der Waals surface area (Å²) in [4.78, 5) is 2.50. The number of nitrogens with zero attached hydrogens (tertiary/aromatic N) is 2. The van der Waals surface area contributed by atoms with Gasteiger partial charge in [-0.15, -0.1) is 0 Å². The highest BCUT2D eigenvalue weighted by atomic mass is 32.2. The normalized spacial score (nSPS) is 17.2. The standard InChI is InChI=1S/C13H23N3O3S2/c1-2-16-10-13(9-12(16)11-17)21(18,19)14-3-4-15-5-7-20-8-6-15/h9-10,14,17H,2-8,11H2,1H3. The van der Waals surface area contributed by atoms with E-state index in [0.29, 0.717) is 18.8 Å². The second-order valence-electron chi connectivity index (χ2n) is 4.96. The van der Waals surface area contributed by atoms with E-state index >= 15 is 0 Å². The van der Waals surface area contributed by atoms with Crippen molar-refractivity contribution in [2.45, 2.75) is 25.0 Å². The molecule has 0 saturated carbocycles. The Morgan fingerprint density at radius 2 is 2.10 bits per heavy atom. The van der Waals surface area contributed by atoms with E-state index < -0.39 is 10.0 Å². The molecule has 6 nitrogen and oxygen atoms in total. The lowest BCUT2D eigenvalue weighted by Gasteiger charge is -2.25. The van der Waals surface area contributed by atoms with Crippen molar-refractivity contribution in [1.82, 2.24) is 14.2 Å². The molecule has 8 heteroatoms. The first-order chi connectivity index (χ1) is 10.1. The Morgan fingerprint density at radius 1 is 1.38 bits per heavy atom. The topological polar surface area (TPSA) is 74.6 Å². The number of hydrogen-bond donors (Lipinski definition) is 2. The van der Waals surface area contributed by atoms with Crippen LogP contribution in [0.4, 0.5) is 0 Å². The molecule has 1 saturated heterocycles. The molecular formula is C13H23N3O3S2. The van der Waals surface area contributed by atoms with Crippen LogP contribution in [0.1, 0.15) is 12.6 Å². The second kappa shape index (κ2) is 7.64. The fourth-order valence-corrected chi connectivity index (χ4v) is 4.41. The minimum atomic E-state index is -3.50. The molecule has 1 aliphatic rings. The van der Waals surface area contributed by atoms with E-state index in [4.69, 9.17) is 0 Å². The Balaban J connectivity index is 1.93. The fraction of sp³-hybridized carbons (Fsp3) is 0.692. The average Bonchev–Trinajstić information content (AvgIpc) is 2.92. The molecule has 120 valence electrons. The zero-order valence-electron chi connectivity index (χ0n) is 12.3. The van der Waals surface area contributed by atoms with Crippen LogP contribution < -0.4 is 4.72 Å². The third-order valence-corrected chi connectivity index (χ3v) is 5.97. The van der Waals surface area contributed by atoms with Gasteiger partial charge in [0, 0.05) is 56.1 Å². The third-order valence-electron chi connectivity index (χ3n) is 3.60. The number of nitrogens with one attached hydrogen (secondary N) is 1. The lowest BCUT2D eigenvalue weighted by molar-refractivity contribution is 0.271. The first kappa shape index (κ1) is 16.8. The Hall–Kier alpha value is -0.540. The third kappa shape index (κ3) is 4.46. The number of aliphatic hydroxyl groups is 1. The van der Waals surface area contributed by atoms with Gasteiger partial charge in [0.2, 0.25) is 10.0 Å². The van der Waals surface area contributed by atoms with Gasteiger partial charge >= 0.3 is 0 Å². The van der Waals surface area contributed by atoms with Gasteiger partial charge in [0.1, 0.15) is 0 Å². The summed E-state index contributed by atoms with van der Waals surface area (Å²) in [7, 11) is -3.50. The van der Waals surface area contributed by atoms with Crippen molar-refractivity contribution in [2.75, 3.05) is 37.7 Å². The van der Waals surface area contributed by atoms with Crippen LogP contribution in [0, 0.1) is 0 Å². The molecule has 1 aromatic rings. The molecule has 0 aliphatic carbocycles. The predicted molar refractivity (Wildman–Crippen MR) is 85.0 cm³/mol. The van der Waals surface area contributed by atoms with E-state index in [1.54, 1.807) is 10.8 Å². The molecule has 1 aromatic heterocycles. The zero-order valence-corrected chi connectivity index (χ0v) is 13.9. The molecule has 2 heterocycles. The minimum Gasteiger partial charge on any atom is -0.390 e. The lowest BCUT2D eigenvalue weighted by Crippen LogP contribution is -2.39. The number of aliphatic hydroxyl groups excluding tert-OH is 1. The maximum absolute atomic E-state index is 12.2. The molecule has 0 unspecified atom stereocenters. The average molecular weight is 333 g/mol. The molecule has 0 bridgehead atoms. The summed E-state index contributed by atoms with van der Waals surface area (Å²) in [5.74, 6) is 2.23. The van der Waals surface area contributed by atoms with Crippen LogP contribution in [0.15, 0.2) is 17.2 Å². The summed E-state index contributed by atoms with van der Waals surface area (Å²) < 4.78 is 28.9. The molecule has 0 atom stereocenters. The summed E-state index contributed by atoms with van der Waals surface area (Å²) in [6.07, 6.45) is 1.57. The molecule has 0 radical (unpaired) electrons. The molecule has 1 fully saturated rings. The minimum absolute atomic E-state index is 0.158. The molecule has 21 heavy (non-hydrogen) atoms. The van der Waals surface area contributed by atoms with Crippen molar-refractivity contribution in [3.63, 3.8) is 0 Å². The molecular weight excluding hydrogens is 310 g/mol. The monoisotopic (exact) mass is 333 g/mol. The van der Waals surface area contributed by atoms with Crippen molar-refractivity contribution in [2.24, 2.45) is 0 Å². The number of rotatable bonds is 7. The van der Waals surface area contributed by atoms with Crippen molar-refractivity contribution in [3.05, 3.63) is 18.0 Å². The highest BCUT2D eigenvalue weighted by Crippen LogP contribution is 2.14. The smallest absolute Gasteiger partial charge is 0.242 e. The highest BCUT2D eigenvalue weighted by molar-refractivity contribution is 7.99. The van der Waals surface area contributed by atoms with Gasteiger partial charge in [0.25, 0.3) is 0 Å². The van der Waals surface area contributed by atoms with Gasteiger partial charge in [-0.3, -0.25) is 0 Å². The molecule has 0 spiro atoms. The van der Waals surface area contributed by atoms with Crippen LogP contribution >= 0.6 is 11.8 Å².